The first-order valence-electron chi connectivity index (χ1n) is 6.46. The first kappa shape index (κ1) is 14.3. The Morgan fingerprint density at radius 1 is 1.29 bits per heavy atom. The molecule has 1 aromatic heterocycles. The number of carbonyl (C=O) groups is 2. The van der Waals surface area contributed by atoms with Gasteiger partial charge in [0.15, 0.2) is 0 Å². The molecule has 1 atom stereocenters. The smallest absolute Gasteiger partial charge is 0.311 e. The van der Waals surface area contributed by atoms with E-state index < -0.39 is 11.9 Å². The summed E-state index contributed by atoms with van der Waals surface area (Å²) in [7, 11) is 0. The van der Waals surface area contributed by atoms with Gasteiger partial charge in [-0.3, -0.25) is 9.59 Å². The minimum atomic E-state index is -0.841. The first-order chi connectivity index (χ1) is 10.1. The number of hydrogen-bond acceptors (Lipinski definition) is 3. The van der Waals surface area contributed by atoms with E-state index in [4.69, 9.17) is 0 Å². The number of thiophene rings is 1. The molecule has 1 unspecified atom stereocenters. The number of halogens is 1. The molecule has 0 bridgehead atoms. The highest BCUT2D eigenvalue weighted by atomic mass is 79.9. The molecule has 0 spiro atoms. The van der Waals surface area contributed by atoms with Crippen LogP contribution in [0.15, 0.2) is 40.2 Å². The van der Waals surface area contributed by atoms with Gasteiger partial charge in [-0.25, -0.2) is 0 Å². The summed E-state index contributed by atoms with van der Waals surface area (Å²) in [4.78, 5) is 26.4. The van der Waals surface area contributed by atoms with Crippen LogP contribution in [0.25, 0.3) is 0 Å². The molecular weight excluding hydrogens is 354 g/mol. The molecular formula is C15H12BrNO3S. The highest BCUT2D eigenvalue weighted by molar-refractivity contribution is 9.10. The van der Waals surface area contributed by atoms with E-state index in [0.717, 1.165) is 4.47 Å². The van der Waals surface area contributed by atoms with Crippen molar-refractivity contribution in [3.05, 3.63) is 50.6 Å². The minimum absolute atomic E-state index is 0.0897. The molecule has 6 heteroatoms. The maximum Gasteiger partial charge on any atom is 0.311 e. The van der Waals surface area contributed by atoms with Crippen LogP contribution in [0.4, 0.5) is 5.69 Å². The molecule has 1 aliphatic rings. The van der Waals surface area contributed by atoms with Gasteiger partial charge in [-0.2, -0.15) is 0 Å². The molecule has 0 aliphatic carbocycles. The van der Waals surface area contributed by atoms with Crippen molar-refractivity contribution in [3.8, 4) is 0 Å². The number of carboxylic acids is 1. The number of para-hydroxylation sites is 1. The zero-order valence-corrected chi connectivity index (χ0v) is 13.4. The molecule has 21 heavy (non-hydrogen) atoms. The molecule has 0 saturated heterocycles. The second kappa shape index (κ2) is 5.61. The van der Waals surface area contributed by atoms with E-state index in [1.54, 1.807) is 11.0 Å². The lowest BCUT2D eigenvalue weighted by Gasteiger charge is -2.32. The number of fused-ring (bicyclic) bond motifs is 1. The molecule has 1 N–H and O–H groups in total. The summed E-state index contributed by atoms with van der Waals surface area (Å²) >= 11 is 4.76. The van der Waals surface area contributed by atoms with Crippen LogP contribution in [0.3, 0.4) is 0 Å². The Balaban J connectivity index is 2.02. The number of nitrogens with zero attached hydrogens (tertiary/aromatic N) is 1. The average molecular weight is 366 g/mol. The van der Waals surface area contributed by atoms with Crippen molar-refractivity contribution in [2.75, 3.05) is 11.4 Å². The summed E-state index contributed by atoms with van der Waals surface area (Å²) < 4.78 is 0.773. The Hall–Kier alpha value is -1.66. The van der Waals surface area contributed by atoms with Crippen molar-refractivity contribution in [1.29, 1.82) is 0 Å². The number of amides is 1. The third-order valence-electron chi connectivity index (χ3n) is 3.60. The maximum atomic E-state index is 12.7. The average Bonchev–Trinajstić information content (AvgIpc) is 2.91. The topological polar surface area (TPSA) is 57.6 Å². The van der Waals surface area contributed by atoms with E-state index in [-0.39, 0.29) is 5.91 Å². The molecule has 4 nitrogen and oxygen atoms in total. The van der Waals surface area contributed by atoms with Gasteiger partial charge in [0.05, 0.1) is 5.92 Å². The molecule has 3 rings (SSSR count). The van der Waals surface area contributed by atoms with Crippen LogP contribution in [0.5, 0.6) is 0 Å². The Morgan fingerprint density at radius 2 is 2.05 bits per heavy atom. The van der Waals surface area contributed by atoms with Crippen molar-refractivity contribution in [2.24, 2.45) is 0 Å². The molecule has 1 aliphatic heterocycles. The molecule has 2 aromatic rings. The Labute approximate surface area is 134 Å². The van der Waals surface area contributed by atoms with E-state index >= 15 is 0 Å². The zero-order chi connectivity index (χ0) is 15.0. The van der Waals surface area contributed by atoms with Crippen LogP contribution in [0.2, 0.25) is 0 Å². The lowest BCUT2D eigenvalue weighted by molar-refractivity contribution is -0.139. The summed E-state index contributed by atoms with van der Waals surface area (Å²) in [5.41, 5.74) is 1.40. The fourth-order valence-electron chi connectivity index (χ4n) is 2.60. The molecule has 108 valence electrons. The highest BCUT2D eigenvalue weighted by Crippen LogP contribution is 2.37. The van der Waals surface area contributed by atoms with Crippen molar-refractivity contribution >= 4 is 44.8 Å². The summed E-state index contributed by atoms with van der Waals surface area (Å²) in [5, 5.41) is 11.2. The number of hydrogen-bond donors (Lipinski definition) is 1. The zero-order valence-electron chi connectivity index (χ0n) is 11.0. The normalized spacial score (nSPS) is 17.4. The van der Waals surface area contributed by atoms with Crippen molar-refractivity contribution in [2.45, 2.75) is 12.3 Å². The SMILES string of the molecule is O=C(O)C1CCN(C(=O)c2sccc2Br)c2ccccc21. The van der Waals surface area contributed by atoms with E-state index in [1.807, 2.05) is 29.6 Å². The second-order valence-corrected chi connectivity index (χ2v) is 6.56. The van der Waals surface area contributed by atoms with Gasteiger partial charge < -0.3 is 10.0 Å². The lowest BCUT2D eigenvalue weighted by atomic mass is 9.90. The lowest BCUT2D eigenvalue weighted by Crippen LogP contribution is -2.37. The summed E-state index contributed by atoms with van der Waals surface area (Å²) in [6.45, 7) is 0.414. The molecule has 1 aromatic carbocycles. The number of rotatable bonds is 2. The molecule has 0 saturated carbocycles. The van der Waals surface area contributed by atoms with Gasteiger partial charge in [0.2, 0.25) is 0 Å². The maximum absolute atomic E-state index is 12.7. The van der Waals surface area contributed by atoms with Crippen LogP contribution >= 0.6 is 27.3 Å². The Bertz CT molecular complexity index is 712. The third-order valence-corrected chi connectivity index (χ3v) is 5.42. The van der Waals surface area contributed by atoms with E-state index in [2.05, 4.69) is 15.9 Å². The predicted molar refractivity (Wildman–Crippen MR) is 85.1 cm³/mol. The van der Waals surface area contributed by atoms with Crippen molar-refractivity contribution in [3.63, 3.8) is 0 Å². The van der Waals surface area contributed by atoms with Gasteiger partial charge >= 0.3 is 5.97 Å². The third kappa shape index (κ3) is 2.49. The highest BCUT2D eigenvalue weighted by Gasteiger charge is 2.33. The number of carbonyl (C=O) groups excluding carboxylic acids is 1. The van der Waals surface area contributed by atoms with E-state index in [9.17, 15) is 14.7 Å². The molecule has 1 amide bonds. The number of benzene rings is 1. The fraction of sp³-hybridized carbons (Fsp3) is 0.200. The summed E-state index contributed by atoms with van der Waals surface area (Å²) in [6, 6.07) is 9.07. The van der Waals surface area contributed by atoms with Crippen LogP contribution in [0, 0.1) is 0 Å². The van der Waals surface area contributed by atoms with E-state index in [1.165, 1.54) is 11.3 Å². The number of aliphatic carboxylic acids is 1. The van der Waals surface area contributed by atoms with Crippen LogP contribution in [-0.2, 0) is 4.79 Å². The quantitative estimate of drug-likeness (QED) is 0.881. The monoisotopic (exact) mass is 365 g/mol. The van der Waals surface area contributed by atoms with Gasteiger partial charge in [-0.15, -0.1) is 11.3 Å². The number of carboxylic acid groups (broad SMARTS) is 1. The molecule has 0 fully saturated rings. The molecule has 2 heterocycles. The summed E-state index contributed by atoms with van der Waals surface area (Å²) in [6.07, 6.45) is 0.432. The van der Waals surface area contributed by atoms with Gasteiger partial charge in [0.1, 0.15) is 4.88 Å². The second-order valence-electron chi connectivity index (χ2n) is 4.79. The van der Waals surface area contributed by atoms with E-state index in [0.29, 0.717) is 29.1 Å². The van der Waals surface area contributed by atoms with Crippen LogP contribution in [-0.4, -0.2) is 23.5 Å². The first-order valence-corrected chi connectivity index (χ1v) is 8.13. The summed E-state index contributed by atoms with van der Waals surface area (Å²) in [5.74, 6) is -1.47. The van der Waals surface area contributed by atoms with Gasteiger partial charge in [-0.1, -0.05) is 18.2 Å². The van der Waals surface area contributed by atoms with Gasteiger partial charge in [0, 0.05) is 16.7 Å². The van der Waals surface area contributed by atoms with Gasteiger partial charge in [-0.05, 0) is 45.4 Å². The molecule has 0 radical (unpaired) electrons. The Morgan fingerprint density at radius 3 is 2.71 bits per heavy atom. The fourth-order valence-corrected chi connectivity index (χ4v) is 4.09. The van der Waals surface area contributed by atoms with Crippen LogP contribution < -0.4 is 4.90 Å². The van der Waals surface area contributed by atoms with Crippen molar-refractivity contribution < 1.29 is 14.7 Å². The standard InChI is InChI=1S/C15H12BrNO3S/c16-11-6-8-21-13(11)14(18)17-7-5-10(15(19)20)9-3-1-2-4-12(9)17/h1-4,6,8,10H,5,7H2,(H,19,20). The number of anilines is 1. The largest absolute Gasteiger partial charge is 0.481 e. The van der Waals surface area contributed by atoms with Gasteiger partial charge in [0.25, 0.3) is 5.91 Å². The van der Waals surface area contributed by atoms with Crippen LogP contribution in [0.1, 0.15) is 27.6 Å². The minimum Gasteiger partial charge on any atom is -0.481 e. The predicted octanol–water partition coefficient (Wildman–Crippen LogP) is 3.73. The van der Waals surface area contributed by atoms with Crippen molar-refractivity contribution in [1.82, 2.24) is 0 Å². The Kier molecular flexibility index (Phi) is 3.82.